The largest absolute Gasteiger partial charge is 0.456 e. The van der Waals surface area contributed by atoms with Crippen molar-refractivity contribution in [3.8, 4) is 11.5 Å². The Labute approximate surface area is 586 Å². The Hall–Kier alpha value is -10.2. The number of fused-ring (bicyclic) bond motifs is 6. The van der Waals surface area contributed by atoms with Gasteiger partial charge in [-0.2, -0.15) is 0 Å². The molecule has 0 aliphatic carbocycles. The molecule has 14 N–H and O–H groups in total. The topological polar surface area (TPSA) is 398 Å². The van der Waals surface area contributed by atoms with Crippen LogP contribution in [0.25, 0.3) is 0 Å². The van der Waals surface area contributed by atoms with Crippen LogP contribution in [-0.4, -0.2) is 138 Å². The number of aliphatic imine (C=N–C) groups is 2. The Bertz CT molecular complexity index is 3560. The van der Waals surface area contributed by atoms with Gasteiger partial charge in [0.25, 0.3) is 0 Å². The third kappa shape index (κ3) is 18.7. The summed E-state index contributed by atoms with van der Waals surface area (Å²) in [5.41, 5.74) is 24.5. The van der Waals surface area contributed by atoms with Crippen LogP contribution >= 0.6 is 24.8 Å². The number of hydrogen-bond acceptors (Lipinski definition) is 15. The molecule has 8 atom stereocenters. The van der Waals surface area contributed by atoms with E-state index in [4.69, 9.17) is 41.9 Å². The van der Waals surface area contributed by atoms with Crippen LogP contribution in [-0.2, 0) is 61.8 Å². The number of benzene rings is 5. The molecule has 8 amide bonds. The monoisotopic (exact) mass is 1400 g/mol. The summed E-state index contributed by atoms with van der Waals surface area (Å²) in [5, 5.41) is 17.1. The van der Waals surface area contributed by atoms with Gasteiger partial charge in [0.15, 0.2) is 17.5 Å². The Kier molecular flexibility index (Phi) is 27.2. The Morgan fingerprint density at radius 2 is 0.980 bits per heavy atom. The molecule has 0 aromatic heterocycles. The van der Waals surface area contributed by atoms with Crippen LogP contribution in [0.15, 0.2) is 131 Å². The predicted molar refractivity (Wildman–Crippen MR) is 376 cm³/mol. The van der Waals surface area contributed by atoms with Crippen LogP contribution in [0.2, 0.25) is 0 Å². The van der Waals surface area contributed by atoms with E-state index in [0.29, 0.717) is 47.9 Å². The van der Waals surface area contributed by atoms with E-state index in [2.05, 4.69) is 41.9 Å². The molecule has 9 rings (SSSR count). The summed E-state index contributed by atoms with van der Waals surface area (Å²) < 4.78 is 24.0. The first-order chi connectivity index (χ1) is 46.7. The molecule has 0 bridgehead atoms. The molecule has 99 heavy (non-hydrogen) atoms. The number of carbonyl (C=O) groups excluding carboxylic acids is 9. The summed E-state index contributed by atoms with van der Waals surface area (Å²) in [6.07, 6.45) is 1.63. The molecule has 4 heterocycles. The van der Waals surface area contributed by atoms with Crippen LogP contribution in [0.5, 0.6) is 11.5 Å². The van der Waals surface area contributed by atoms with Crippen molar-refractivity contribution in [1.29, 1.82) is 0 Å². The molecule has 0 saturated carbocycles. The molecule has 5 aromatic rings. The van der Waals surface area contributed by atoms with E-state index in [1.807, 2.05) is 88.4 Å². The van der Waals surface area contributed by atoms with Crippen molar-refractivity contribution in [3.05, 3.63) is 155 Å². The molecule has 0 unspecified atom stereocenters. The third-order valence-electron chi connectivity index (χ3n) is 18.0. The van der Waals surface area contributed by atoms with Crippen LogP contribution in [0.4, 0.5) is 21.0 Å². The zero-order chi connectivity index (χ0) is 69.3. The number of nitrogens with one attached hydrogen (secondary N) is 6. The van der Waals surface area contributed by atoms with Gasteiger partial charge < -0.3 is 83.6 Å². The van der Waals surface area contributed by atoms with Crippen LogP contribution in [0, 0.1) is 11.8 Å². The van der Waals surface area contributed by atoms with Crippen molar-refractivity contribution in [2.75, 3.05) is 36.8 Å². The second-order valence-corrected chi connectivity index (χ2v) is 24.7. The lowest BCUT2D eigenvalue weighted by Gasteiger charge is -2.37. The maximum Gasteiger partial charge on any atom is 0.408 e. The van der Waals surface area contributed by atoms with E-state index in [1.54, 1.807) is 60.7 Å². The van der Waals surface area contributed by atoms with Crippen LogP contribution in [0.3, 0.4) is 0 Å². The summed E-state index contributed by atoms with van der Waals surface area (Å²) in [5.74, 6) is -4.71. The molecule has 4 aliphatic rings. The lowest BCUT2D eigenvalue weighted by atomic mass is 9.77. The van der Waals surface area contributed by atoms with Gasteiger partial charge in [0.2, 0.25) is 35.4 Å². The van der Waals surface area contributed by atoms with E-state index < -0.39 is 95.5 Å². The van der Waals surface area contributed by atoms with Crippen LogP contribution in [0.1, 0.15) is 130 Å². The minimum Gasteiger partial charge on any atom is -0.456 e. The summed E-state index contributed by atoms with van der Waals surface area (Å²) in [6, 6.07) is 28.3. The van der Waals surface area contributed by atoms with Crippen molar-refractivity contribution in [2.24, 2.45) is 44.8 Å². The number of carbonyl (C=O) groups is 9. The molecule has 2 saturated heterocycles. The molecular weight excluding hydrogens is 1320 g/mol. The number of hydrogen-bond donors (Lipinski definition) is 10. The fourth-order valence-electron chi connectivity index (χ4n) is 12.5. The SMILES string of the molecule is CC[C@H](C)[C@H](NC(=O)OCc1ccccc1)C(=O)N1CCC[C@H]1C(=O)N[C@@H](CCCN=C(N)N)C(=O)Nc1ccc2c(c1)Oc1cc(NC(=O)[C@H](CCCN=C(N)N)NC(=O)[C@@H]3CCCN3C(=O)[C@@H](NC(=O)OCc3ccccc3)[C@@H](C)CC)ccc1C21OC(=O)c2ccccc21.Cl.Cl. The van der Waals surface area contributed by atoms with E-state index in [-0.39, 0.29) is 149 Å². The number of likely N-dealkylation sites (tertiary alicyclic amines) is 2. The van der Waals surface area contributed by atoms with E-state index in [0.717, 1.165) is 11.1 Å². The van der Waals surface area contributed by atoms with E-state index >= 15 is 0 Å². The summed E-state index contributed by atoms with van der Waals surface area (Å²) in [4.78, 5) is 138. The molecule has 1 spiro atoms. The normalized spacial score (nSPS) is 16.9. The highest BCUT2D eigenvalue weighted by Gasteiger charge is 2.54. The van der Waals surface area contributed by atoms with Gasteiger partial charge in [0, 0.05) is 66.4 Å². The third-order valence-corrected chi connectivity index (χ3v) is 18.0. The fourth-order valence-corrected chi connectivity index (χ4v) is 12.5. The smallest absolute Gasteiger partial charge is 0.408 e. The summed E-state index contributed by atoms with van der Waals surface area (Å²) in [6.45, 7) is 8.09. The van der Waals surface area contributed by atoms with Gasteiger partial charge in [0.05, 0.1) is 5.56 Å². The fraction of sp³-hybridized carbons (Fsp3) is 0.414. The minimum absolute atomic E-state index is 0. The van der Waals surface area contributed by atoms with Crippen molar-refractivity contribution < 1.29 is 62.1 Å². The number of esters is 1. The summed E-state index contributed by atoms with van der Waals surface area (Å²) in [7, 11) is 0. The van der Waals surface area contributed by atoms with Gasteiger partial charge in [-0.15, -0.1) is 24.8 Å². The number of amides is 8. The zero-order valence-electron chi connectivity index (χ0n) is 55.7. The lowest BCUT2D eigenvalue weighted by molar-refractivity contribution is -0.141. The van der Waals surface area contributed by atoms with Crippen LogP contribution < -0.4 is 59.6 Å². The van der Waals surface area contributed by atoms with Crippen molar-refractivity contribution in [2.45, 2.75) is 147 Å². The minimum atomic E-state index is -1.60. The number of anilines is 2. The number of nitrogens with zero attached hydrogens (tertiary/aromatic N) is 4. The predicted octanol–water partition coefficient (Wildman–Crippen LogP) is 6.72. The molecule has 4 aliphatic heterocycles. The molecular formula is C70H88Cl2N14O13. The quantitative estimate of drug-likeness (QED) is 0.00817. The second-order valence-electron chi connectivity index (χ2n) is 24.7. The first kappa shape index (κ1) is 76.2. The molecule has 27 nitrogen and oxygen atoms in total. The van der Waals surface area contributed by atoms with Gasteiger partial charge in [-0.3, -0.25) is 38.8 Å². The number of ether oxygens (including phenoxy) is 4. The molecule has 0 radical (unpaired) electrons. The zero-order valence-corrected chi connectivity index (χ0v) is 57.3. The van der Waals surface area contributed by atoms with E-state index in [9.17, 15) is 43.2 Å². The number of alkyl carbamates (subject to hydrolysis) is 2. The van der Waals surface area contributed by atoms with Gasteiger partial charge in [-0.25, -0.2) is 14.4 Å². The van der Waals surface area contributed by atoms with Crippen molar-refractivity contribution in [1.82, 2.24) is 31.1 Å². The van der Waals surface area contributed by atoms with Gasteiger partial charge in [0.1, 0.15) is 61.0 Å². The van der Waals surface area contributed by atoms with Gasteiger partial charge in [-0.1, -0.05) is 119 Å². The first-order valence-electron chi connectivity index (χ1n) is 32.9. The Morgan fingerprint density at radius 3 is 1.39 bits per heavy atom. The molecule has 2 fully saturated rings. The van der Waals surface area contributed by atoms with Crippen molar-refractivity contribution in [3.63, 3.8) is 0 Å². The average Bonchev–Trinajstić information content (AvgIpc) is 1.61. The molecule has 29 heteroatoms. The van der Waals surface area contributed by atoms with E-state index in [1.165, 1.54) is 9.80 Å². The lowest BCUT2D eigenvalue weighted by Crippen LogP contribution is -2.57. The highest BCUT2D eigenvalue weighted by molar-refractivity contribution is 6.02. The standard InChI is InChI=1S/C70H86N14O13.2ClH/c1-5-41(3)57(81-68(92)94-39-43-19-9-7-10-20-43)63(89)83-35-17-27-53(83)61(87)79-51(25-15-33-75-66(71)72)59(85)77-45-29-31-49-55(37-45)96-56-38-46(30-32-50(56)70(49)48-24-14-13-23-47(48)65(91)97-70)78-60(86)52(26-16-34-76-67(73)74)80-62(88)54-28-18-36-84(54)64(90)58(42(4)6-2)82-69(93)95-40-44-21-11-8-12-22-44;;/h7-14,19-24,29-32,37-38,41-42,51-54,57-58H,5-6,15-18,25-28,33-36,39-40H2,1-4H3,(H,77,85)(H,78,86)(H,79,87)(H,80,88)(H,81,92)(H,82,93)(H4,71,72,75)(H4,73,74,76);2*1H/t41-,42-,51-,52-,53-,54-,57-,58-;;/m0../s1. The Morgan fingerprint density at radius 1 is 0.566 bits per heavy atom. The number of rotatable bonds is 28. The average molecular weight is 1400 g/mol. The maximum atomic E-state index is 14.6. The number of guanidine groups is 2. The Balaban J connectivity index is 0.00000689. The number of halogens is 2. The van der Waals surface area contributed by atoms with Gasteiger partial charge >= 0.3 is 18.2 Å². The molecule has 5 aromatic carbocycles. The van der Waals surface area contributed by atoms with Gasteiger partial charge in [-0.05, 0) is 105 Å². The maximum absolute atomic E-state index is 14.6. The first-order valence-corrected chi connectivity index (χ1v) is 32.9. The van der Waals surface area contributed by atoms with Crippen molar-refractivity contribution >= 4 is 102 Å². The second kappa shape index (κ2) is 35.4. The highest BCUT2D eigenvalue weighted by Crippen LogP contribution is 2.57. The summed E-state index contributed by atoms with van der Waals surface area (Å²) >= 11 is 0. The number of nitrogens with two attached hydrogens (primary N) is 4. The molecule has 530 valence electrons. The highest BCUT2D eigenvalue weighted by atomic mass is 35.5.